The summed E-state index contributed by atoms with van der Waals surface area (Å²) < 4.78 is 3.23. The fourth-order valence-corrected chi connectivity index (χ4v) is 9.46. The minimum atomic E-state index is -2.01. The van der Waals surface area contributed by atoms with Gasteiger partial charge in [-0.25, -0.2) is 0 Å². The van der Waals surface area contributed by atoms with Crippen LogP contribution in [-0.4, -0.2) is 41.7 Å². The second-order valence-electron chi connectivity index (χ2n) is 8.15. The molecule has 0 aliphatic carbocycles. The van der Waals surface area contributed by atoms with E-state index in [-0.39, 0.29) is 0 Å². The van der Waals surface area contributed by atoms with Gasteiger partial charge in [-0.2, -0.15) is 0 Å². The molecule has 3 heteroatoms. The number of H-pyrrole nitrogens is 1. The van der Waals surface area contributed by atoms with Gasteiger partial charge in [0.05, 0.1) is 0 Å². The number of nitrogens with one attached hydrogen (secondary N) is 1. The van der Waals surface area contributed by atoms with E-state index < -0.39 is 36.8 Å². The molecule has 3 aromatic rings. The summed E-state index contributed by atoms with van der Waals surface area (Å²) in [5.41, 5.74) is 2.57. The molecule has 0 atom stereocenters. The van der Waals surface area contributed by atoms with E-state index >= 15 is 0 Å². The molecule has 0 aliphatic rings. The van der Waals surface area contributed by atoms with Crippen LogP contribution in [0.15, 0.2) is 36.4 Å². The molecule has 0 aliphatic heterocycles. The van der Waals surface area contributed by atoms with Crippen LogP contribution in [0.2, 0.25) is 29.6 Å². The average Bonchev–Trinajstić information content (AvgIpc) is 2.73. The van der Waals surface area contributed by atoms with Crippen LogP contribution in [0.5, 0.6) is 0 Å². The van der Waals surface area contributed by atoms with Crippen molar-refractivity contribution in [2.75, 3.05) is 0 Å². The van der Waals surface area contributed by atoms with Crippen LogP contribution in [0.1, 0.15) is 0 Å². The Hall–Kier alpha value is -0.163. The molecule has 1 N–H and O–H groups in total. The number of aromatic nitrogens is 1. The molecule has 21 heavy (non-hydrogen) atoms. The average molecular weight is 493 g/mol. The Morgan fingerprint density at radius 3 is 1.33 bits per heavy atom. The minimum absolute atomic E-state index is 1.28. The van der Waals surface area contributed by atoms with Gasteiger partial charge in [-0.3, -0.25) is 0 Å². The van der Waals surface area contributed by atoms with E-state index in [1.165, 1.54) is 21.8 Å². The molecule has 0 spiro atoms. The maximum absolute atomic E-state index is 3.58. The van der Waals surface area contributed by atoms with E-state index in [1.807, 2.05) is 0 Å². The molecule has 1 heterocycles. The molecule has 110 valence electrons. The van der Waals surface area contributed by atoms with Gasteiger partial charge in [0, 0.05) is 0 Å². The van der Waals surface area contributed by atoms with Gasteiger partial charge in [-0.15, -0.1) is 0 Å². The van der Waals surface area contributed by atoms with E-state index in [0.29, 0.717) is 0 Å². The van der Waals surface area contributed by atoms with Crippen molar-refractivity contribution in [3.63, 3.8) is 0 Å². The van der Waals surface area contributed by atoms with Crippen molar-refractivity contribution in [1.82, 2.24) is 4.98 Å². The van der Waals surface area contributed by atoms with Crippen molar-refractivity contribution in [1.29, 1.82) is 0 Å². The van der Waals surface area contributed by atoms with Gasteiger partial charge in [-0.05, 0) is 0 Å². The van der Waals surface area contributed by atoms with Crippen LogP contribution in [0.4, 0.5) is 0 Å². The molecule has 0 saturated heterocycles. The topological polar surface area (TPSA) is 15.8 Å². The monoisotopic (exact) mass is 495 g/mol. The fourth-order valence-electron chi connectivity index (χ4n) is 2.83. The zero-order valence-corrected chi connectivity index (χ0v) is 19.7. The molecule has 1 nitrogen and oxygen atoms in total. The van der Waals surface area contributed by atoms with Crippen molar-refractivity contribution in [3.8, 4) is 0 Å². The summed E-state index contributed by atoms with van der Waals surface area (Å²) in [5.74, 6) is 0. The van der Waals surface area contributed by atoms with Gasteiger partial charge in [-0.1, -0.05) is 0 Å². The summed E-state index contributed by atoms with van der Waals surface area (Å²) >= 11 is -4.01. The first kappa shape index (κ1) is 15.7. The first-order valence-corrected chi connectivity index (χ1v) is 27.7. The molecule has 0 fully saturated rings. The zero-order chi connectivity index (χ0) is 15.4. The second-order valence-corrected chi connectivity index (χ2v) is 37.1. The van der Waals surface area contributed by atoms with E-state index in [0.717, 1.165) is 0 Å². The van der Waals surface area contributed by atoms with Crippen molar-refractivity contribution in [3.05, 3.63) is 36.4 Å². The number of benzene rings is 2. The second kappa shape index (κ2) is 5.19. The SMILES string of the molecule is [CH3][Sn]([CH3])([CH3])[c]1ccc2[nH]c3cc[c]([Sn]([CH3])([CH3])[CH3])cc3c2c1. The van der Waals surface area contributed by atoms with E-state index in [4.69, 9.17) is 0 Å². The molecule has 0 saturated carbocycles. The van der Waals surface area contributed by atoms with Gasteiger partial charge in [0.25, 0.3) is 0 Å². The van der Waals surface area contributed by atoms with Gasteiger partial charge in [0.1, 0.15) is 0 Å². The number of aromatic amines is 1. The molecule has 0 bridgehead atoms. The summed E-state index contributed by atoms with van der Waals surface area (Å²) in [6.45, 7) is 0. The van der Waals surface area contributed by atoms with Gasteiger partial charge >= 0.3 is 137 Å². The van der Waals surface area contributed by atoms with Gasteiger partial charge < -0.3 is 0 Å². The zero-order valence-electron chi connectivity index (χ0n) is 14.0. The van der Waals surface area contributed by atoms with Crippen LogP contribution < -0.4 is 7.16 Å². The fraction of sp³-hybridized carbons (Fsp3) is 0.333. The Balaban J connectivity index is 2.31. The normalized spacial score (nSPS) is 13.2. The Labute approximate surface area is 135 Å². The van der Waals surface area contributed by atoms with E-state index in [9.17, 15) is 0 Å². The third kappa shape index (κ3) is 3.00. The summed E-state index contributed by atoms with van der Waals surface area (Å²) in [6.07, 6.45) is 0. The molecule has 0 amide bonds. The van der Waals surface area contributed by atoms with Crippen molar-refractivity contribution < 1.29 is 0 Å². The van der Waals surface area contributed by atoms with Crippen LogP contribution in [-0.2, 0) is 0 Å². The first-order chi connectivity index (χ1) is 9.66. The van der Waals surface area contributed by atoms with E-state index in [2.05, 4.69) is 71.0 Å². The van der Waals surface area contributed by atoms with Crippen LogP contribution in [0.3, 0.4) is 0 Å². The van der Waals surface area contributed by atoms with Gasteiger partial charge in [0.15, 0.2) is 0 Å². The van der Waals surface area contributed by atoms with Gasteiger partial charge in [0.2, 0.25) is 0 Å². The summed E-state index contributed by atoms with van der Waals surface area (Å²) in [5, 5.41) is 2.85. The molecule has 3 rings (SSSR count). The van der Waals surface area contributed by atoms with Crippen molar-refractivity contribution >= 4 is 65.7 Å². The Bertz CT molecular complexity index is 748. The van der Waals surface area contributed by atoms with E-state index in [1.54, 1.807) is 7.16 Å². The molecular weight excluding hydrogens is 468 g/mol. The molecule has 0 unspecified atom stereocenters. The number of hydrogen-bond donors (Lipinski definition) is 1. The summed E-state index contributed by atoms with van der Waals surface area (Å²) in [7, 11) is 0. The third-order valence-electron chi connectivity index (χ3n) is 4.33. The van der Waals surface area contributed by atoms with Crippen LogP contribution in [0.25, 0.3) is 21.8 Å². The predicted octanol–water partition coefficient (Wildman–Crippen LogP) is 4.41. The standard InChI is InChI=1S/C12H7N.6CH3.2Sn/c1-3-7-11-9(5-1)10-6-2-4-8-12(10)13-11;;;;;;;;/h3-8,13H;6*1H3;;. The molecule has 0 radical (unpaired) electrons. The first-order valence-electron chi connectivity index (χ1n) is 7.73. The predicted molar refractivity (Wildman–Crippen MR) is 102 cm³/mol. The van der Waals surface area contributed by atoms with Crippen molar-refractivity contribution in [2.45, 2.75) is 29.6 Å². The van der Waals surface area contributed by atoms with Crippen molar-refractivity contribution in [2.24, 2.45) is 0 Å². The van der Waals surface area contributed by atoms with Crippen LogP contribution >= 0.6 is 0 Å². The number of hydrogen-bond acceptors (Lipinski definition) is 0. The molecule has 2 aromatic carbocycles. The number of rotatable bonds is 2. The quantitative estimate of drug-likeness (QED) is 0.510. The Morgan fingerprint density at radius 2 is 1.00 bits per heavy atom. The number of fused-ring (bicyclic) bond motifs is 3. The maximum atomic E-state index is 3.58. The third-order valence-corrected chi connectivity index (χ3v) is 16.0. The Kier molecular flexibility index (Phi) is 3.88. The van der Waals surface area contributed by atoms with Crippen LogP contribution in [0, 0.1) is 0 Å². The molecule has 1 aromatic heterocycles. The molecular formula is C18H25NSn2. The Morgan fingerprint density at radius 1 is 0.619 bits per heavy atom. The summed E-state index contributed by atoms with van der Waals surface area (Å²) in [6, 6.07) is 14.2. The summed E-state index contributed by atoms with van der Waals surface area (Å²) in [4.78, 5) is 18.5.